The van der Waals surface area contributed by atoms with Crippen LogP contribution in [-0.4, -0.2) is 0 Å². The van der Waals surface area contributed by atoms with Gasteiger partial charge in [-0.25, -0.2) is 0 Å². The number of hydrogen-bond acceptors (Lipinski definition) is 1. The van der Waals surface area contributed by atoms with E-state index in [1.165, 1.54) is 11.1 Å². The maximum absolute atomic E-state index is 8.81. The molecule has 0 aromatic heterocycles. The summed E-state index contributed by atoms with van der Waals surface area (Å²) in [7, 11) is 0. The Morgan fingerprint density at radius 1 is 0.500 bits per heavy atom. The molecule has 0 saturated heterocycles. The quantitative estimate of drug-likeness (QED) is 0.550. The maximum Gasteiger partial charge on any atom is 0.0991 e. The minimum Gasteiger partial charge on any atom is -0.192 e. The Morgan fingerprint density at radius 2 is 0.875 bits per heavy atom. The molecule has 0 amide bonds. The smallest absolute Gasteiger partial charge is 0.0991 e. The molecule has 0 aliphatic carbocycles. The predicted octanol–water partition coefficient (Wildman–Crippen LogP) is 5.90. The van der Waals surface area contributed by atoms with Gasteiger partial charge >= 0.3 is 0 Å². The van der Waals surface area contributed by atoms with Gasteiger partial charge in [0, 0.05) is 0 Å². The lowest BCUT2D eigenvalue weighted by Gasteiger charge is -1.98. The monoisotopic (exact) mass is 307 g/mol. The van der Waals surface area contributed by atoms with E-state index in [4.69, 9.17) is 5.26 Å². The zero-order valence-corrected chi connectivity index (χ0v) is 13.3. The first-order valence-electron chi connectivity index (χ1n) is 7.85. The molecule has 0 spiro atoms. The van der Waals surface area contributed by atoms with Gasteiger partial charge in [0.25, 0.3) is 0 Å². The van der Waals surface area contributed by atoms with E-state index in [0.717, 1.165) is 11.1 Å². The van der Waals surface area contributed by atoms with Crippen LogP contribution in [0.25, 0.3) is 24.3 Å². The van der Waals surface area contributed by atoms with Crippen molar-refractivity contribution in [2.24, 2.45) is 0 Å². The molecule has 0 atom stereocenters. The fraction of sp³-hybridized carbons (Fsp3) is 0. The van der Waals surface area contributed by atoms with Gasteiger partial charge in [-0.3, -0.25) is 0 Å². The second-order valence-electron chi connectivity index (χ2n) is 5.48. The first kappa shape index (κ1) is 15.5. The van der Waals surface area contributed by atoms with Gasteiger partial charge in [0.05, 0.1) is 11.6 Å². The Morgan fingerprint density at radius 3 is 1.29 bits per heavy atom. The molecule has 3 aromatic rings. The van der Waals surface area contributed by atoms with Crippen LogP contribution in [0.5, 0.6) is 0 Å². The highest BCUT2D eigenvalue weighted by Crippen LogP contribution is 2.13. The first-order chi connectivity index (χ1) is 11.8. The van der Waals surface area contributed by atoms with Gasteiger partial charge in [0.1, 0.15) is 0 Å². The minimum absolute atomic E-state index is 0.682. The normalized spacial score (nSPS) is 11.0. The zero-order chi connectivity index (χ0) is 16.6. The molecule has 0 heterocycles. The molecule has 0 aliphatic heterocycles. The second kappa shape index (κ2) is 7.76. The van der Waals surface area contributed by atoms with Crippen molar-refractivity contribution in [3.63, 3.8) is 0 Å². The standard InChI is InChI=1S/C23H17N/c24-18-23-16-14-22(15-17-23)13-12-21-10-8-20(9-11-21)7-6-19-4-2-1-3-5-19/h1-17H. The van der Waals surface area contributed by atoms with Gasteiger partial charge < -0.3 is 0 Å². The summed E-state index contributed by atoms with van der Waals surface area (Å²) in [6.07, 6.45) is 8.35. The average molecular weight is 307 g/mol. The topological polar surface area (TPSA) is 23.8 Å². The minimum atomic E-state index is 0.682. The fourth-order valence-electron chi connectivity index (χ4n) is 2.34. The highest BCUT2D eigenvalue weighted by molar-refractivity contribution is 5.73. The molecule has 1 nitrogen and oxygen atoms in total. The number of benzene rings is 3. The molecular formula is C23H17N. The third kappa shape index (κ3) is 4.32. The van der Waals surface area contributed by atoms with E-state index in [-0.39, 0.29) is 0 Å². The van der Waals surface area contributed by atoms with Crippen LogP contribution in [0.1, 0.15) is 27.8 Å². The SMILES string of the molecule is N#Cc1ccc(C=Cc2ccc(C=Cc3ccccc3)cc2)cc1. The van der Waals surface area contributed by atoms with Crippen molar-refractivity contribution in [2.45, 2.75) is 0 Å². The second-order valence-corrected chi connectivity index (χ2v) is 5.48. The lowest BCUT2D eigenvalue weighted by atomic mass is 10.1. The maximum atomic E-state index is 8.81. The molecule has 0 fully saturated rings. The van der Waals surface area contributed by atoms with Crippen LogP contribution >= 0.6 is 0 Å². The Hall–Kier alpha value is -3.37. The largest absolute Gasteiger partial charge is 0.192 e. The molecule has 3 aromatic carbocycles. The van der Waals surface area contributed by atoms with E-state index in [2.05, 4.69) is 66.8 Å². The van der Waals surface area contributed by atoms with Crippen LogP contribution in [0.3, 0.4) is 0 Å². The van der Waals surface area contributed by atoms with E-state index in [1.54, 1.807) is 0 Å². The fourth-order valence-corrected chi connectivity index (χ4v) is 2.34. The van der Waals surface area contributed by atoms with Crippen molar-refractivity contribution >= 4 is 24.3 Å². The summed E-state index contributed by atoms with van der Waals surface area (Å²) in [5, 5.41) is 8.81. The number of hydrogen-bond donors (Lipinski definition) is 0. The third-order valence-corrected chi connectivity index (χ3v) is 3.71. The van der Waals surface area contributed by atoms with E-state index in [0.29, 0.717) is 5.56 Å². The highest BCUT2D eigenvalue weighted by Gasteiger charge is 1.92. The van der Waals surface area contributed by atoms with Crippen molar-refractivity contribution in [3.8, 4) is 6.07 Å². The Kier molecular flexibility index (Phi) is 5.02. The van der Waals surface area contributed by atoms with Crippen molar-refractivity contribution in [1.29, 1.82) is 5.26 Å². The van der Waals surface area contributed by atoms with Gasteiger partial charge in [0.15, 0.2) is 0 Å². The number of nitriles is 1. The molecule has 24 heavy (non-hydrogen) atoms. The van der Waals surface area contributed by atoms with Crippen molar-refractivity contribution in [1.82, 2.24) is 0 Å². The molecule has 0 radical (unpaired) electrons. The molecule has 0 saturated carbocycles. The van der Waals surface area contributed by atoms with Gasteiger partial charge in [-0.2, -0.15) is 5.26 Å². The van der Waals surface area contributed by atoms with Crippen LogP contribution in [0, 0.1) is 11.3 Å². The molecule has 1 heteroatoms. The van der Waals surface area contributed by atoms with Crippen LogP contribution in [0.15, 0.2) is 78.9 Å². The van der Waals surface area contributed by atoms with E-state index < -0.39 is 0 Å². The Labute approximate surface area is 142 Å². The van der Waals surface area contributed by atoms with E-state index in [9.17, 15) is 0 Å². The van der Waals surface area contributed by atoms with Gasteiger partial charge in [0.2, 0.25) is 0 Å². The van der Waals surface area contributed by atoms with E-state index in [1.807, 2.05) is 42.5 Å². The Bertz CT molecular complexity index is 878. The summed E-state index contributed by atoms with van der Waals surface area (Å²) in [4.78, 5) is 0. The molecule has 0 aliphatic rings. The van der Waals surface area contributed by atoms with Crippen LogP contribution in [-0.2, 0) is 0 Å². The zero-order valence-electron chi connectivity index (χ0n) is 13.3. The van der Waals surface area contributed by atoms with E-state index >= 15 is 0 Å². The molecular weight excluding hydrogens is 290 g/mol. The summed E-state index contributed by atoms with van der Waals surface area (Å²) in [5.41, 5.74) is 5.29. The summed E-state index contributed by atoms with van der Waals surface area (Å²) in [6.45, 7) is 0. The number of rotatable bonds is 4. The third-order valence-electron chi connectivity index (χ3n) is 3.71. The molecule has 0 N–H and O–H groups in total. The lowest BCUT2D eigenvalue weighted by molar-refractivity contribution is 1.48. The summed E-state index contributed by atoms with van der Waals surface area (Å²) < 4.78 is 0. The predicted molar refractivity (Wildman–Crippen MR) is 102 cm³/mol. The molecule has 114 valence electrons. The van der Waals surface area contributed by atoms with Gasteiger partial charge in [-0.05, 0) is 34.4 Å². The highest BCUT2D eigenvalue weighted by atomic mass is 14.2. The summed E-state index contributed by atoms with van der Waals surface area (Å²) >= 11 is 0. The molecule has 0 unspecified atom stereocenters. The number of nitrogens with zero attached hydrogens (tertiary/aromatic N) is 1. The molecule has 0 bridgehead atoms. The van der Waals surface area contributed by atoms with Crippen molar-refractivity contribution < 1.29 is 0 Å². The lowest BCUT2D eigenvalue weighted by Crippen LogP contribution is -1.77. The summed E-state index contributed by atoms with van der Waals surface area (Å²) in [6, 6.07) is 28.4. The van der Waals surface area contributed by atoms with Crippen molar-refractivity contribution in [2.75, 3.05) is 0 Å². The van der Waals surface area contributed by atoms with Crippen LogP contribution in [0.4, 0.5) is 0 Å². The first-order valence-corrected chi connectivity index (χ1v) is 7.85. The van der Waals surface area contributed by atoms with Crippen LogP contribution < -0.4 is 0 Å². The van der Waals surface area contributed by atoms with Gasteiger partial charge in [-0.15, -0.1) is 0 Å². The van der Waals surface area contributed by atoms with Gasteiger partial charge in [-0.1, -0.05) is 91.0 Å². The van der Waals surface area contributed by atoms with Crippen molar-refractivity contribution in [3.05, 3.63) is 107 Å². The summed E-state index contributed by atoms with van der Waals surface area (Å²) in [5.74, 6) is 0. The average Bonchev–Trinajstić information content (AvgIpc) is 2.67. The van der Waals surface area contributed by atoms with Crippen LogP contribution in [0.2, 0.25) is 0 Å². The Balaban J connectivity index is 1.67. The molecule has 3 rings (SSSR count).